The molecule has 0 aromatic heterocycles. The van der Waals surface area contributed by atoms with E-state index in [1.54, 1.807) is 0 Å². The zero-order chi connectivity index (χ0) is 10.3. The van der Waals surface area contributed by atoms with Gasteiger partial charge in [0, 0.05) is 18.8 Å². The van der Waals surface area contributed by atoms with Gasteiger partial charge >= 0.3 is 0 Å². The Kier molecular flexibility index (Phi) is 2.19. The summed E-state index contributed by atoms with van der Waals surface area (Å²) in [5.74, 6) is 1.95. The van der Waals surface area contributed by atoms with Gasteiger partial charge in [-0.1, -0.05) is 17.7 Å². The SMILES string of the molecule is Cc1ccc(N2CC3CCC(C3)C2)cc1. The maximum atomic E-state index is 2.59. The number of nitrogens with zero attached hydrogens (tertiary/aromatic N) is 1. The summed E-state index contributed by atoms with van der Waals surface area (Å²) in [7, 11) is 0. The van der Waals surface area contributed by atoms with Gasteiger partial charge in [0.25, 0.3) is 0 Å². The van der Waals surface area contributed by atoms with Crippen LogP contribution >= 0.6 is 0 Å². The maximum absolute atomic E-state index is 2.59. The molecule has 2 aliphatic rings. The van der Waals surface area contributed by atoms with Crippen LogP contribution in [0.3, 0.4) is 0 Å². The number of rotatable bonds is 1. The molecule has 1 aliphatic heterocycles. The molecule has 0 amide bonds. The molecule has 0 N–H and O–H groups in total. The Balaban J connectivity index is 1.80. The molecule has 1 heterocycles. The third-order valence-corrected chi connectivity index (χ3v) is 4.01. The molecule has 1 aromatic rings. The predicted octanol–water partition coefficient (Wildman–Crippen LogP) is 3.23. The van der Waals surface area contributed by atoms with E-state index in [1.165, 1.54) is 43.6 Å². The molecule has 0 radical (unpaired) electrons. The molecule has 0 spiro atoms. The highest BCUT2D eigenvalue weighted by molar-refractivity contribution is 5.48. The number of benzene rings is 1. The van der Waals surface area contributed by atoms with Gasteiger partial charge in [0.05, 0.1) is 0 Å². The van der Waals surface area contributed by atoms with Gasteiger partial charge in [-0.2, -0.15) is 0 Å². The summed E-state index contributed by atoms with van der Waals surface area (Å²) in [5.41, 5.74) is 2.79. The lowest BCUT2D eigenvalue weighted by molar-refractivity contribution is 0.421. The van der Waals surface area contributed by atoms with Crippen LogP contribution in [-0.4, -0.2) is 13.1 Å². The van der Waals surface area contributed by atoms with Crippen LogP contribution in [0.1, 0.15) is 24.8 Å². The standard InChI is InChI=1S/C14H19N/c1-11-2-6-14(7-3-11)15-9-12-4-5-13(8-12)10-15/h2-3,6-7,12-13H,4-5,8-10H2,1H3. The van der Waals surface area contributed by atoms with E-state index in [9.17, 15) is 0 Å². The van der Waals surface area contributed by atoms with Crippen molar-refractivity contribution in [1.82, 2.24) is 0 Å². The van der Waals surface area contributed by atoms with Gasteiger partial charge in [0.15, 0.2) is 0 Å². The fraction of sp³-hybridized carbons (Fsp3) is 0.571. The van der Waals surface area contributed by atoms with Crippen LogP contribution in [0.4, 0.5) is 5.69 Å². The summed E-state index contributed by atoms with van der Waals surface area (Å²) < 4.78 is 0. The third-order valence-electron chi connectivity index (χ3n) is 4.01. The van der Waals surface area contributed by atoms with E-state index in [0.717, 1.165) is 11.8 Å². The van der Waals surface area contributed by atoms with E-state index >= 15 is 0 Å². The summed E-state index contributed by atoms with van der Waals surface area (Å²) in [6, 6.07) is 9.01. The van der Waals surface area contributed by atoms with Crippen LogP contribution in [0.25, 0.3) is 0 Å². The molecule has 2 fully saturated rings. The van der Waals surface area contributed by atoms with Gasteiger partial charge in [-0.3, -0.25) is 0 Å². The van der Waals surface area contributed by atoms with Crippen LogP contribution in [0, 0.1) is 18.8 Å². The van der Waals surface area contributed by atoms with Gasteiger partial charge in [-0.05, 0) is 50.2 Å². The van der Waals surface area contributed by atoms with E-state index in [1.807, 2.05) is 0 Å². The van der Waals surface area contributed by atoms with Crippen molar-refractivity contribution in [3.05, 3.63) is 29.8 Å². The second-order valence-corrected chi connectivity index (χ2v) is 5.29. The first-order valence-electron chi connectivity index (χ1n) is 6.13. The first-order valence-corrected chi connectivity index (χ1v) is 6.13. The second-order valence-electron chi connectivity index (χ2n) is 5.29. The average molecular weight is 201 g/mol. The fourth-order valence-electron chi connectivity index (χ4n) is 3.17. The van der Waals surface area contributed by atoms with Crippen molar-refractivity contribution >= 4 is 5.69 Å². The normalized spacial score (nSPS) is 29.5. The number of anilines is 1. The molecule has 80 valence electrons. The van der Waals surface area contributed by atoms with Crippen molar-refractivity contribution in [2.45, 2.75) is 26.2 Å². The topological polar surface area (TPSA) is 3.24 Å². The molecule has 3 rings (SSSR count). The van der Waals surface area contributed by atoms with Crippen LogP contribution < -0.4 is 4.90 Å². The minimum atomic E-state index is 0.977. The smallest absolute Gasteiger partial charge is 0.0366 e. The molecule has 1 aliphatic carbocycles. The Labute approximate surface area is 92.1 Å². The Morgan fingerprint density at radius 1 is 1.00 bits per heavy atom. The van der Waals surface area contributed by atoms with Crippen molar-refractivity contribution in [2.24, 2.45) is 11.8 Å². The van der Waals surface area contributed by atoms with Gasteiger partial charge in [-0.25, -0.2) is 0 Å². The molecule has 1 aromatic carbocycles. The molecule has 1 heteroatoms. The molecular weight excluding hydrogens is 182 g/mol. The molecule has 1 saturated heterocycles. The van der Waals surface area contributed by atoms with Crippen molar-refractivity contribution in [1.29, 1.82) is 0 Å². The Morgan fingerprint density at radius 3 is 2.20 bits per heavy atom. The molecule has 2 bridgehead atoms. The van der Waals surface area contributed by atoms with Crippen LogP contribution in [0.2, 0.25) is 0 Å². The Hall–Kier alpha value is -0.980. The zero-order valence-electron chi connectivity index (χ0n) is 9.45. The highest BCUT2D eigenvalue weighted by atomic mass is 15.1. The summed E-state index contributed by atoms with van der Waals surface area (Å²) in [4.78, 5) is 2.59. The number of hydrogen-bond acceptors (Lipinski definition) is 1. The number of hydrogen-bond donors (Lipinski definition) is 0. The molecule has 1 saturated carbocycles. The first-order chi connectivity index (χ1) is 7.31. The molecule has 2 atom stereocenters. The van der Waals surface area contributed by atoms with Crippen molar-refractivity contribution in [3.63, 3.8) is 0 Å². The van der Waals surface area contributed by atoms with E-state index in [-0.39, 0.29) is 0 Å². The van der Waals surface area contributed by atoms with E-state index < -0.39 is 0 Å². The van der Waals surface area contributed by atoms with Crippen LogP contribution in [0.5, 0.6) is 0 Å². The van der Waals surface area contributed by atoms with Crippen molar-refractivity contribution in [2.75, 3.05) is 18.0 Å². The zero-order valence-corrected chi connectivity index (χ0v) is 9.45. The molecule has 15 heavy (non-hydrogen) atoms. The minimum absolute atomic E-state index is 0.977. The fourth-order valence-corrected chi connectivity index (χ4v) is 3.17. The van der Waals surface area contributed by atoms with Gasteiger partial charge in [0.2, 0.25) is 0 Å². The van der Waals surface area contributed by atoms with Gasteiger partial charge < -0.3 is 4.90 Å². The molecule has 2 unspecified atom stereocenters. The largest absolute Gasteiger partial charge is 0.371 e. The summed E-state index contributed by atoms with van der Waals surface area (Å²) in [6.45, 7) is 4.74. The second kappa shape index (κ2) is 3.55. The van der Waals surface area contributed by atoms with Crippen molar-refractivity contribution < 1.29 is 0 Å². The highest BCUT2D eigenvalue weighted by Gasteiger charge is 2.32. The summed E-state index contributed by atoms with van der Waals surface area (Å²) in [5, 5.41) is 0. The van der Waals surface area contributed by atoms with Crippen molar-refractivity contribution in [3.8, 4) is 0 Å². The number of aryl methyl sites for hydroxylation is 1. The summed E-state index contributed by atoms with van der Waals surface area (Å²) in [6.07, 6.45) is 4.42. The molecular formula is C14H19N. The van der Waals surface area contributed by atoms with E-state index in [4.69, 9.17) is 0 Å². The van der Waals surface area contributed by atoms with Gasteiger partial charge in [0.1, 0.15) is 0 Å². The number of fused-ring (bicyclic) bond motifs is 2. The van der Waals surface area contributed by atoms with Gasteiger partial charge in [-0.15, -0.1) is 0 Å². The van der Waals surface area contributed by atoms with Crippen LogP contribution in [-0.2, 0) is 0 Å². The van der Waals surface area contributed by atoms with Crippen LogP contribution in [0.15, 0.2) is 24.3 Å². The number of piperidine rings is 1. The first kappa shape index (κ1) is 9.26. The third kappa shape index (κ3) is 1.75. The molecule has 1 nitrogen and oxygen atoms in total. The van der Waals surface area contributed by atoms with E-state index in [2.05, 4.69) is 36.1 Å². The lowest BCUT2D eigenvalue weighted by Crippen LogP contribution is -2.36. The lowest BCUT2D eigenvalue weighted by atomic mass is 9.98. The quantitative estimate of drug-likeness (QED) is 0.674. The lowest BCUT2D eigenvalue weighted by Gasteiger charge is -2.33. The summed E-state index contributed by atoms with van der Waals surface area (Å²) >= 11 is 0. The average Bonchev–Trinajstić information content (AvgIpc) is 2.59. The predicted molar refractivity (Wildman–Crippen MR) is 64.2 cm³/mol. The van der Waals surface area contributed by atoms with E-state index in [0.29, 0.717) is 0 Å². The Morgan fingerprint density at radius 2 is 1.60 bits per heavy atom. The maximum Gasteiger partial charge on any atom is 0.0366 e. The highest BCUT2D eigenvalue weighted by Crippen LogP contribution is 2.37. The monoisotopic (exact) mass is 201 g/mol. The Bertz CT molecular complexity index is 329. The minimum Gasteiger partial charge on any atom is -0.371 e.